The van der Waals surface area contributed by atoms with Crippen molar-refractivity contribution in [1.82, 2.24) is 0 Å². The van der Waals surface area contributed by atoms with Crippen molar-refractivity contribution < 1.29 is 64.1 Å². The van der Waals surface area contributed by atoms with E-state index in [1.54, 1.807) is 55.4 Å². The Hall–Kier alpha value is -3.09. The zero-order valence-electron chi connectivity index (χ0n) is 26.0. The van der Waals surface area contributed by atoms with Gasteiger partial charge in [0.05, 0.1) is 56.5 Å². The van der Waals surface area contributed by atoms with Crippen LogP contribution >= 0.6 is 0 Å². The summed E-state index contributed by atoms with van der Waals surface area (Å²) < 4.78 is 87.5. The third-order valence-electron chi connectivity index (χ3n) is 4.78. The molecule has 0 heterocycles. The van der Waals surface area contributed by atoms with Crippen LogP contribution in [0.15, 0.2) is 46.2 Å². The van der Waals surface area contributed by atoms with Crippen LogP contribution in [-0.4, -0.2) is 97.3 Å². The maximum absolute atomic E-state index is 11.8. The van der Waals surface area contributed by atoms with E-state index in [4.69, 9.17) is 18.9 Å². The molecule has 2 aromatic carbocycles. The van der Waals surface area contributed by atoms with Crippen molar-refractivity contribution in [2.45, 2.75) is 89.6 Å². The van der Waals surface area contributed by atoms with Gasteiger partial charge >= 0.3 is 46.9 Å². The molecule has 14 nitrogen and oxygen atoms in total. The number of carbonyl (C=O) groups excluding carboxylic acids is 4. The fourth-order valence-corrected chi connectivity index (χ4v) is 4.55. The van der Waals surface area contributed by atoms with Gasteiger partial charge in [-0.2, -0.15) is 0 Å². The van der Waals surface area contributed by atoms with Crippen LogP contribution in [0.3, 0.4) is 0 Å². The first-order chi connectivity index (χ1) is 20.0. The first kappa shape index (κ1) is 41.9. The van der Waals surface area contributed by atoms with E-state index in [1.165, 1.54) is 12.1 Å². The number of carbonyl (C=O) groups is 4. The van der Waals surface area contributed by atoms with Gasteiger partial charge in [0.25, 0.3) is 0 Å². The summed E-state index contributed by atoms with van der Waals surface area (Å²) in [5, 5.41) is 0. The first-order valence-electron chi connectivity index (χ1n) is 13.1. The molecule has 0 saturated carbocycles. The third-order valence-corrected chi connectivity index (χ3v) is 6.54. The minimum absolute atomic E-state index is 0. The molecular weight excluding hydrogens is 649 g/mol. The molecule has 0 fully saturated rings. The summed E-state index contributed by atoms with van der Waals surface area (Å²) in [5.74, 6) is -3.48. The summed E-state index contributed by atoms with van der Waals surface area (Å²) in [6.45, 7) is 12.8. The van der Waals surface area contributed by atoms with Gasteiger partial charge in [0.15, 0.2) is 0 Å². The van der Waals surface area contributed by atoms with E-state index in [2.05, 4.69) is 0 Å². The topological polar surface area (TPSA) is 220 Å². The molecule has 0 unspecified atom stereocenters. The van der Waals surface area contributed by atoms with E-state index in [1.807, 2.05) is 0 Å². The van der Waals surface area contributed by atoms with Crippen LogP contribution in [0.5, 0.6) is 0 Å². The molecule has 2 aromatic rings. The number of hydrogen-bond acceptors (Lipinski definition) is 14. The fraction of sp³-hybridized carbons (Fsp3) is 0.429. The summed E-state index contributed by atoms with van der Waals surface area (Å²) in [4.78, 5) is 45.6. The minimum Gasteiger partial charge on any atom is -0.744 e. The van der Waals surface area contributed by atoms with E-state index < -0.39 is 89.4 Å². The van der Waals surface area contributed by atoms with Gasteiger partial charge in [-0.1, -0.05) is 0 Å². The molecule has 244 valence electrons. The van der Waals surface area contributed by atoms with Gasteiger partial charge in [0, 0.05) is 0 Å². The van der Waals surface area contributed by atoms with Crippen molar-refractivity contribution in [3.63, 3.8) is 0 Å². The molecule has 0 bridgehead atoms. The summed E-state index contributed by atoms with van der Waals surface area (Å²) in [6, 6.07) is 6.18. The van der Waals surface area contributed by atoms with Crippen LogP contribution < -0.4 is 0 Å². The molecule has 0 aliphatic heterocycles. The normalized spacial score (nSPS) is 11.3. The van der Waals surface area contributed by atoms with Crippen LogP contribution in [0, 0.1) is 0 Å². The molecule has 0 aliphatic carbocycles. The Morgan fingerprint density at radius 1 is 0.511 bits per heavy atom. The molecule has 0 aromatic heterocycles. The Balaban J connectivity index is 0.000000842. The SMILES string of the molecule is CC(C)OC(=O)c1ccc(C(=O)OC(C)C)c(S(=O)(=O)[O-])c1.CC(C)OC(=O)c1ccc(C(=O)OC(C)C)c(S(=O)(=O)[O-])c1.[Mg+2]. The number of ether oxygens (including phenoxy) is 4. The maximum Gasteiger partial charge on any atom is 2.00 e. The van der Waals surface area contributed by atoms with E-state index in [9.17, 15) is 45.1 Å². The average Bonchev–Trinajstić information content (AvgIpc) is 2.85. The predicted octanol–water partition coefficient (Wildman–Crippen LogP) is 3.06. The molecule has 0 amide bonds. The van der Waals surface area contributed by atoms with Crippen molar-refractivity contribution in [2.24, 2.45) is 0 Å². The number of esters is 4. The van der Waals surface area contributed by atoms with Crippen molar-refractivity contribution in [3.05, 3.63) is 58.7 Å². The van der Waals surface area contributed by atoms with E-state index in [0.29, 0.717) is 0 Å². The van der Waals surface area contributed by atoms with Crippen molar-refractivity contribution in [2.75, 3.05) is 0 Å². The van der Waals surface area contributed by atoms with Gasteiger partial charge in [-0.3, -0.25) is 0 Å². The molecule has 0 atom stereocenters. The second kappa shape index (κ2) is 17.6. The minimum atomic E-state index is -4.96. The van der Waals surface area contributed by atoms with Crippen LogP contribution in [0.2, 0.25) is 0 Å². The molecule has 0 radical (unpaired) electrons. The van der Waals surface area contributed by atoms with Gasteiger partial charge in [-0.15, -0.1) is 0 Å². The van der Waals surface area contributed by atoms with Crippen molar-refractivity contribution >= 4 is 67.2 Å². The molecular formula is C28H34MgO14S2. The first-order valence-corrected chi connectivity index (χ1v) is 15.9. The quantitative estimate of drug-likeness (QED) is 0.152. The van der Waals surface area contributed by atoms with Crippen molar-refractivity contribution in [1.29, 1.82) is 0 Å². The van der Waals surface area contributed by atoms with Crippen LogP contribution in [0.4, 0.5) is 0 Å². The van der Waals surface area contributed by atoms with Gasteiger partial charge in [0.2, 0.25) is 0 Å². The summed E-state index contributed by atoms with van der Waals surface area (Å²) >= 11 is 0. The van der Waals surface area contributed by atoms with Gasteiger partial charge < -0.3 is 28.1 Å². The Morgan fingerprint density at radius 2 is 0.756 bits per heavy atom. The average molecular weight is 683 g/mol. The standard InChI is InChI=1S/2C14H18O7S.Mg/c2*1-8(2)20-13(15)10-5-6-11(14(16)21-9(3)4)12(7-10)22(17,18)19;/h2*5-9H,1-4H3,(H,17,18,19);/q;;+2/p-2. The molecule has 17 heteroatoms. The predicted molar refractivity (Wildman–Crippen MR) is 157 cm³/mol. The zero-order chi connectivity index (χ0) is 34.2. The number of benzene rings is 2. The number of hydrogen-bond donors (Lipinski definition) is 0. The Bertz CT molecular complexity index is 1480. The summed E-state index contributed by atoms with van der Waals surface area (Å²) in [6.07, 6.45) is -1.80. The fourth-order valence-electron chi connectivity index (χ4n) is 3.17. The summed E-state index contributed by atoms with van der Waals surface area (Å²) in [5.41, 5.74) is -1.09. The molecule has 45 heavy (non-hydrogen) atoms. The monoisotopic (exact) mass is 682 g/mol. The molecule has 0 spiro atoms. The van der Waals surface area contributed by atoms with Crippen LogP contribution in [0.25, 0.3) is 0 Å². The second-order valence-electron chi connectivity index (χ2n) is 10.1. The van der Waals surface area contributed by atoms with Gasteiger partial charge in [0.1, 0.15) is 20.2 Å². The molecule has 0 saturated heterocycles. The van der Waals surface area contributed by atoms with Crippen LogP contribution in [-0.2, 0) is 39.2 Å². The van der Waals surface area contributed by atoms with Crippen LogP contribution in [0.1, 0.15) is 96.8 Å². The van der Waals surface area contributed by atoms with Gasteiger partial charge in [-0.05, 0) is 91.8 Å². The largest absolute Gasteiger partial charge is 2.00 e. The zero-order valence-corrected chi connectivity index (χ0v) is 29.1. The van der Waals surface area contributed by atoms with E-state index >= 15 is 0 Å². The smallest absolute Gasteiger partial charge is 0.744 e. The van der Waals surface area contributed by atoms with E-state index in [0.717, 1.165) is 24.3 Å². The van der Waals surface area contributed by atoms with Crippen molar-refractivity contribution in [3.8, 4) is 0 Å². The number of rotatable bonds is 10. The third kappa shape index (κ3) is 13.8. The Labute approximate surface area is 278 Å². The summed E-state index contributed by atoms with van der Waals surface area (Å²) in [7, 11) is -9.91. The van der Waals surface area contributed by atoms with Gasteiger partial charge in [-0.25, -0.2) is 36.0 Å². The van der Waals surface area contributed by atoms with E-state index in [-0.39, 0.29) is 34.2 Å². The molecule has 0 aliphatic rings. The second-order valence-corrected chi connectivity index (χ2v) is 12.8. The molecule has 0 N–H and O–H groups in total. The Morgan fingerprint density at radius 3 is 0.978 bits per heavy atom. The molecule has 2 rings (SSSR count). The Kier molecular flexibility index (Phi) is 16.4. The maximum atomic E-state index is 11.8.